The van der Waals surface area contributed by atoms with Gasteiger partial charge in [-0.2, -0.15) is 0 Å². The second-order valence-electron chi connectivity index (χ2n) is 4.28. The van der Waals surface area contributed by atoms with Crippen molar-refractivity contribution in [2.24, 2.45) is 0 Å². The van der Waals surface area contributed by atoms with E-state index in [4.69, 9.17) is 9.47 Å². The highest BCUT2D eigenvalue weighted by molar-refractivity contribution is 5.75. The van der Waals surface area contributed by atoms with E-state index < -0.39 is 0 Å². The Bertz CT molecular complexity index is 353. The molecular formula is C14H23N2O3+. The Morgan fingerprint density at radius 1 is 1.16 bits per heavy atom. The highest BCUT2D eigenvalue weighted by atomic mass is 16.7. The molecule has 106 valence electrons. The number of methoxy groups -OCH3 is 2. The van der Waals surface area contributed by atoms with E-state index in [1.54, 1.807) is 14.2 Å². The highest BCUT2D eigenvalue weighted by Crippen LogP contribution is 1.96. The first kappa shape index (κ1) is 15.6. The van der Waals surface area contributed by atoms with Crippen molar-refractivity contribution >= 4 is 5.91 Å². The van der Waals surface area contributed by atoms with Gasteiger partial charge in [-0.15, -0.1) is 0 Å². The van der Waals surface area contributed by atoms with E-state index in [0.717, 1.165) is 19.4 Å². The third-order valence-corrected chi connectivity index (χ3v) is 2.84. The van der Waals surface area contributed by atoms with Crippen molar-refractivity contribution in [1.82, 2.24) is 5.32 Å². The van der Waals surface area contributed by atoms with Crippen molar-refractivity contribution in [2.45, 2.75) is 32.1 Å². The van der Waals surface area contributed by atoms with Gasteiger partial charge in [0.15, 0.2) is 18.7 Å². The predicted molar refractivity (Wildman–Crippen MR) is 71.3 cm³/mol. The maximum absolute atomic E-state index is 11.6. The Morgan fingerprint density at radius 3 is 2.47 bits per heavy atom. The summed E-state index contributed by atoms with van der Waals surface area (Å²) in [6.45, 7) is 1.33. The molecule has 0 aliphatic heterocycles. The Morgan fingerprint density at radius 2 is 1.84 bits per heavy atom. The first-order chi connectivity index (χ1) is 9.26. The van der Waals surface area contributed by atoms with E-state index in [0.29, 0.717) is 13.0 Å². The minimum atomic E-state index is -0.371. The van der Waals surface area contributed by atoms with Crippen molar-refractivity contribution < 1.29 is 18.8 Å². The number of nitrogens with zero attached hydrogens (tertiary/aromatic N) is 1. The Kier molecular flexibility index (Phi) is 7.77. The van der Waals surface area contributed by atoms with Crippen molar-refractivity contribution in [2.75, 3.05) is 20.8 Å². The second kappa shape index (κ2) is 9.47. The fraction of sp³-hybridized carbons (Fsp3) is 0.571. The molecule has 0 saturated heterocycles. The summed E-state index contributed by atoms with van der Waals surface area (Å²) in [6, 6.07) is 6.00. The molecular weight excluding hydrogens is 244 g/mol. The van der Waals surface area contributed by atoms with E-state index in [1.807, 2.05) is 30.6 Å². The lowest BCUT2D eigenvalue weighted by atomic mass is 10.2. The van der Waals surface area contributed by atoms with Crippen LogP contribution >= 0.6 is 0 Å². The molecule has 0 aromatic carbocycles. The van der Waals surface area contributed by atoms with Crippen LogP contribution in [0.3, 0.4) is 0 Å². The van der Waals surface area contributed by atoms with E-state index in [-0.39, 0.29) is 12.2 Å². The van der Waals surface area contributed by atoms with E-state index in [9.17, 15) is 4.79 Å². The Balaban J connectivity index is 2.07. The van der Waals surface area contributed by atoms with Crippen LogP contribution in [0.2, 0.25) is 0 Å². The summed E-state index contributed by atoms with van der Waals surface area (Å²) in [7, 11) is 3.11. The number of unbranched alkanes of at least 4 members (excludes halogenated alkanes) is 1. The third kappa shape index (κ3) is 6.88. The molecule has 0 radical (unpaired) electrons. The zero-order valence-electron chi connectivity index (χ0n) is 11.7. The standard InChI is InChI=1S/C14H22N2O3/c1-18-14(19-2)12-15-13(17)8-4-7-11-16-9-5-3-6-10-16/h3,5-6,9-10,14H,4,7-8,11-12H2,1-2H3/p+1. The van der Waals surface area contributed by atoms with Crippen LogP contribution in [0.15, 0.2) is 30.6 Å². The van der Waals surface area contributed by atoms with Gasteiger partial charge in [0, 0.05) is 39.2 Å². The zero-order chi connectivity index (χ0) is 13.9. The molecule has 0 fully saturated rings. The Hall–Kier alpha value is -1.46. The predicted octanol–water partition coefficient (Wildman–Crippen LogP) is 0.879. The highest BCUT2D eigenvalue weighted by Gasteiger charge is 2.08. The van der Waals surface area contributed by atoms with Crippen molar-refractivity contribution in [3.05, 3.63) is 30.6 Å². The summed E-state index contributed by atoms with van der Waals surface area (Å²) in [6.07, 6.45) is 6.08. The zero-order valence-corrected chi connectivity index (χ0v) is 11.7. The maximum Gasteiger partial charge on any atom is 0.220 e. The van der Waals surface area contributed by atoms with Crippen molar-refractivity contribution in [3.63, 3.8) is 0 Å². The average Bonchev–Trinajstić information content (AvgIpc) is 2.46. The Labute approximate surface area is 114 Å². The van der Waals surface area contributed by atoms with Crippen LogP contribution in [0.1, 0.15) is 19.3 Å². The van der Waals surface area contributed by atoms with Gasteiger partial charge in [0.25, 0.3) is 0 Å². The van der Waals surface area contributed by atoms with E-state index >= 15 is 0 Å². The molecule has 1 heterocycles. The summed E-state index contributed by atoms with van der Waals surface area (Å²) in [5, 5.41) is 2.79. The summed E-state index contributed by atoms with van der Waals surface area (Å²) in [5.41, 5.74) is 0. The van der Waals surface area contributed by atoms with Crippen molar-refractivity contribution in [1.29, 1.82) is 0 Å². The summed E-state index contributed by atoms with van der Waals surface area (Å²) in [5.74, 6) is 0.0390. The average molecular weight is 267 g/mol. The van der Waals surface area contributed by atoms with Gasteiger partial charge in [0.1, 0.15) is 6.54 Å². The number of hydrogen-bond donors (Lipinski definition) is 1. The van der Waals surface area contributed by atoms with Gasteiger partial charge in [-0.3, -0.25) is 4.79 Å². The molecule has 1 rings (SSSR count). The number of aryl methyl sites for hydroxylation is 1. The number of hydrogen-bond acceptors (Lipinski definition) is 3. The summed E-state index contributed by atoms with van der Waals surface area (Å²) >= 11 is 0. The summed E-state index contributed by atoms with van der Waals surface area (Å²) in [4.78, 5) is 11.6. The first-order valence-corrected chi connectivity index (χ1v) is 6.52. The molecule has 1 aromatic heterocycles. The largest absolute Gasteiger partial charge is 0.354 e. The number of carbonyl (C=O) groups excluding carboxylic acids is 1. The molecule has 19 heavy (non-hydrogen) atoms. The van der Waals surface area contributed by atoms with Gasteiger partial charge >= 0.3 is 0 Å². The smallest absolute Gasteiger partial charge is 0.220 e. The lowest BCUT2D eigenvalue weighted by molar-refractivity contribution is -0.697. The molecule has 0 aliphatic rings. The van der Waals surface area contributed by atoms with Gasteiger partial charge < -0.3 is 14.8 Å². The molecule has 1 N–H and O–H groups in total. The molecule has 0 aliphatic carbocycles. The minimum absolute atomic E-state index is 0.0390. The number of pyridine rings is 1. The fourth-order valence-corrected chi connectivity index (χ4v) is 1.71. The number of aromatic nitrogens is 1. The van der Waals surface area contributed by atoms with E-state index in [2.05, 4.69) is 9.88 Å². The van der Waals surface area contributed by atoms with E-state index in [1.165, 1.54) is 0 Å². The van der Waals surface area contributed by atoms with Crippen LogP contribution in [0.4, 0.5) is 0 Å². The lowest BCUT2D eigenvalue weighted by Gasteiger charge is -2.13. The van der Waals surface area contributed by atoms with Gasteiger partial charge in [-0.05, 0) is 6.42 Å². The van der Waals surface area contributed by atoms with Gasteiger partial charge in [0.05, 0.1) is 6.54 Å². The van der Waals surface area contributed by atoms with Crippen LogP contribution in [0.25, 0.3) is 0 Å². The molecule has 0 unspecified atom stereocenters. The molecule has 0 atom stereocenters. The molecule has 5 nitrogen and oxygen atoms in total. The number of nitrogens with one attached hydrogen (secondary N) is 1. The second-order valence-corrected chi connectivity index (χ2v) is 4.28. The molecule has 1 aromatic rings. The van der Waals surface area contributed by atoms with Gasteiger partial charge in [-0.25, -0.2) is 4.57 Å². The number of carbonyl (C=O) groups is 1. The SMILES string of the molecule is COC(CNC(=O)CCCC[n+]1ccccc1)OC. The van der Waals surface area contributed by atoms with Crippen LogP contribution in [-0.4, -0.2) is 33.0 Å². The quantitative estimate of drug-likeness (QED) is 0.410. The van der Waals surface area contributed by atoms with Crippen LogP contribution in [0.5, 0.6) is 0 Å². The monoisotopic (exact) mass is 267 g/mol. The lowest BCUT2D eigenvalue weighted by Crippen LogP contribution is -2.34. The molecule has 0 bridgehead atoms. The molecule has 1 amide bonds. The third-order valence-electron chi connectivity index (χ3n) is 2.84. The van der Waals surface area contributed by atoms with Crippen LogP contribution < -0.4 is 9.88 Å². The molecule has 5 heteroatoms. The van der Waals surface area contributed by atoms with Crippen LogP contribution in [-0.2, 0) is 20.8 Å². The minimum Gasteiger partial charge on any atom is -0.354 e. The first-order valence-electron chi connectivity index (χ1n) is 6.52. The maximum atomic E-state index is 11.6. The van der Waals surface area contributed by atoms with Crippen LogP contribution in [0, 0.1) is 0 Å². The topological polar surface area (TPSA) is 51.4 Å². The van der Waals surface area contributed by atoms with Crippen molar-refractivity contribution in [3.8, 4) is 0 Å². The van der Waals surface area contributed by atoms with Gasteiger partial charge in [0.2, 0.25) is 5.91 Å². The summed E-state index contributed by atoms with van der Waals surface area (Å²) < 4.78 is 12.1. The number of amides is 1. The molecule has 0 spiro atoms. The van der Waals surface area contributed by atoms with Gasteiger partial charge in [-0.1, -0.05) is 6.07 Å². The molecule has 0 saturated carbocycles. The number of rotatable bonds is 9. The fourth-order valence-electron chi connectivity index (χ4n) is 1.71. The number of ether oxygens (including phenoxy) is 2. The normalized spacial score (nSPS) is 10.7.